The number of carbonyl (C=O) groups is 1. The van der Waals surface area contributed by atoms with Crippen molar-refractivity contribution in [1.82, 2.24) is 9.62 Å². The molecule has 25 heavy (non-hydrogen) atoms. The Balaban J connectivity index is 1.45. The van der Waals surface area contributed by atoms with E-state index in [1.54, 1.807) is 23.1 Å². The number of rotatable bonds is 6. The first-order chi connectivity index (χ1) is 12.0. The molecule has 134 valence electrons. The molecule has 1 N–H and O–H groups in total. The van der Waals surface area contributed by atoms with Crippen molar-refractivity contribution in [3.05, 3.63) is 60.1 Å². The third-order valence-electron chi connectivity index (χ3n) is 4.46. The molecule has 1 aromatic carbocycles. The number of hydrogen-bond donors (Lipinski definition) is 1. The molecule has 0 unspecified atom stereocenters. The van der Waals surface area contributed by atoms with E-state index in [0.717, 1.165) is 18.4 Å². The van der Waals surface area contributed by atoms with Crippen LogP contribution in [0.4, 0.5) is 0 Å². The summed E-state index contributed by atoms with van der Waals surface area (Å²) in [7, 11) is -3.34. The Morgan fingerprint density at radius 1 is 1.16 bits per heavy atom. The van der Waals surface area contributed by atoms with E-state index in [9.17, 15) is 13.2 Å². The highest BCUT2D eigenvalue weighted by Gasteiger charge is 2.25. The second-order valence-corrected chi connectivity index (χ2v) is 8.15. The van der Waals surface area contributed by atoms with Crippen molar-refractivity contribution in [2.75, 3.05) is 19.6 Å². The van der Waals surface area contributed by atoms with Gasteiger partial charge in [-0.2, -0.15) is 0 Å². The molecule has 0 aliphatic carbocycles. The van der Waals surface area contributed by atoms with Gasteiger partial charge in [-0.25, -0.2) is 13.1 Å². The monoisotopic (exact) mass is 362 g/mol. The van der Waals surface area contributed by atoms with Crippen LogP contribution in [0.1, 0.15) is 28.8 Å². The number of nitrogens with one attached hydrogen (secondary N) is 1. The Morgan fingerprint density at radius 2 is 1.88 bits per heavy atom. The van der Waals surface area contributed by atoms with E-state index in [2.05, 4.69) is 4.72 Å². The molecule has 0 bridgehead atoms. The SMILES string of the molecule is O=C(c1ccoc1)N1CCC(CNS(=O)(=O)Cc2ccccc2)CC1. The van der Waals surface area contributed by atoms with Gasteiger partial charge in [-0.15, -0.1) is 0 Å². The summed E-state index contributed by atoms with van der Waals surface area (Å²) in [6.45, 7) is 1.69. The van der Waals surface area contributed by atoms with Crippen molar-refractivity contribution in [2.24, 2.45) is 5.92 Å². The Morgan fingerprint density at radius 3 is 2.52 bits per heavy atom. The van der Waals surface area contributed by atoms with Crippen LogP contribution in [0.15, 0.2) is 53.3 Å². The number of piperidine rings is 1. The van der Waals surface area contributed by atoms with Crippen LogP contribution >= 0.6 is 0 Å². The van der Waals surface area contributed by atoms with E-state index in [-0.39, 0.29) is 17.6 Å². The van der Waals surface area contributed by atoms with Crippen molar-refractivity contribution in [3.63, 3.8) is 0 Å². The van der Waals surface area contributed by atoms with Crippen LogP contribution < -0.4 is 4.72 Å². The van der Waals surface area contributed by atoms with Gasteiger partial charge in [0.05, 0.1) is 17.6 Å². The van der Waals surface area contributed by atoms with E-state index in [0.29, 0.717) is 25.2 Å². The fraction of sp³-hybridized carbons (Fsp3) is 0.389. The van der Waals surface area contributed by atoms with Crippen molar-refractivity contribution < 1.29 is 17.6 Å². The molecule has 2 heterocycles. The molecule has 1 fully saturated rings. The first-order valence-corrected chi connectivity index (χ1v) is 10.0. The third kappa shape index (κ3) is 4.93. The van der Waals surface area contributed by atoms with Gasteiger partial charge in [0, 0.05) is 19.6 Å². The fourth-order valence-corrected chi connectivity index (χ4v) is 4.22. The third-order valence-corrected chi connectivity index (χ3v) is 5.78. The van der Waals surface area contributed by atoms with Crippen LogP contribution in [-0.2, 0) is 15.8 Å². The van der Waals surface area contributed by atoms with Gasteiger partial charge in [-0.05, 0) is 30.4 Å². The number of likely N-dealkylation sites (tertiary alicyclic amines) is 1. The first-order valence-electron chi connectivity index (χ1n) is 8.36. The second-order valence-electron chi connectivity index (χ2n) is 6.34. The molecule has 3 rings (SSSR count). The van der Waals surface area contributed by atoms with E-state index in [1.165, 1.54) is 12.5 Å². The Kier molecular flexibility index (Phi) is 5.55. The summed E-state index contributed by atoms with van der Waals surface area (Å²) in [4.78, 5) is 14.0. The number of amides is 1. The van der Waals surface area contributed by atoms with E-state index in [4.69, 9.17) is 4.42 Å². The predicted molar refractivity (Wildman–Crippen MR) is 94.4 cm³/mol. The lowest BCUT2D eigenvalue weighted by molar-refractivity contribution is 0.0691. The van der Waals surface area contributed by atoms with Crippen molar-refractivity contribution in [1.29, 1.82) is 0 Å². The highest BCUT2D eigenvalue weighted by atomic mass is 32.2. The molecular formula is C18H22N2O4S. The van der Waals surface area contributed by atoms with Gasteiger partial charge in [0.2, 0.25) is 10.0 Å². The zero-order chi connectivity index (χ0) is 17.7. The lowest BCUT2D eigenvalue weighted by Crippen LogP contribution is -2.41. The molecule has 1 saturated heterocycles. The summed E-state index contributed by atoms with van der Waals surface area (Å²) in [6.07, 6.45) is 4.52. The first kappa shape index (κ1) is 17.7. The number of furan rings is 1. The van der Waals surface area contributed by atoms with Gasteiger partial charge in [-0.3, -0.25) is 4.79 Å². The zero-order valence-corrected chi connectivity index (χ0v) is 14.7. The number of carbonyl (C=O) groups excluding carboxylic acids is 1. The topological polar surface area (TPSA) is 79.6 Å². The van der Waals surface area contributed by atoms with Crippen LogP contribution in [0.2, 0.25) is 0 Å². The number of hydrogen-bond acceptors (Lipinski definition) is 4. The molecule has 1 aliphatic heterocycles. The van der Waals surface area contributed by atoms with Gasteiger partial charge in [-0.1, -0.05) is 30.3 Å². The standard InChI is InChI=1S/C18H22N2O4S/c21-18(17-8-11-24-13-17)20-9-6-15(7-10-20)12-19-25(22,23)14-16-4-2-1-3-5-16/h1-5,8,11,13,15,19H,6-7,9-10,12,14H2. The fourth-order valence-electron chi connectivity index (χ4n) is 3.00. The van der Waals surface area contributed by atoms with Crippen LogP contribution in [0.5, 0.6) is 0 Å². The summed E-state index contributed by atoms with van der Waals surface area (Å²) in [5, 5.41) is 0. The summed E-state index contributed by atoms with van der Waals surface area (Å²) in [5.74, 6) is 0.210. The molecule has 0 spiro atoms. The van der Waals surface area contributed by atoms with Gasteiger partial charge >= 0.3 is 0 Å². The van der Waals surface area contributed by atoms with E-state index >= 15 is 0 Å². The Bertz CT molecular complexity index is 780. The predicted octanol–water partition coefficient (Wildman–Crippen LogP) is 2.25. The molecule has 0 radical (unpaired) electrons. The van der Waals surface area contributed by atoms with Crippen molar-refractivity contribution in [3.8, 4) is 0 Å². The summed E-state index contributed by atoms with van der Waals surface area (Å²) < 4.78 is 32.0. The maximum Gasteiger partial charge on any atom is 0.257 e. The van der Waals surface area contributed by atoms with Crippen LogP contribution in [-0.4, -0.2) is 38.9 Å². The second kappa shape index (κ2) is 7.84. The smallest absolute Gasteiger partial charge is 0.257 e. The van der Waals surface area contributed by atoms with Gasteiger partial charge in [0.1, 0.15) is 6.26 Å². The van der Waals surface area contributed by atoms with Crippen LogP contribution in [0.3, 0.4) is 0 Å². The van der Waals surface area contributed by atoms with Gasteiger partial charge < -0.3 is 9.32 Å². The molecular weight excluding hydrogens is 340 g/mol. The molecule has 0 saturated carbocycles. The van der Waals surface area contributed by atoms with Crippen molar-refractivity contribution >= 4 is 15.9 Å². The molecule has 7 heteroatoms. The molecule has 2 aromatic rings. The summed E-state index contributed by atoms with van der Waals surface area (Å²) >= 11 is 0. The minimum absolute atomic E-state index is 0.00827. The van der Waals surface area contributed by atoms with E-state index < -0.39 is 10.0 Å². The Hall–Kier alpha value is -2.12. The number of benzene rings is 1. The Labute approximate surface area is 147 Å². The lowest BCUT2D eigenvalue weighted by atomic mass is 9.97. The highest BCUT2D eigenvalue weighted by Crippen LogP contribution is 2.19. The highest BCUT2D eigenvalue weighted by molar-refractivity contribution is 7.88. The molecule has 1 aliphatic rings. The van der Waals surface area contributed by atoms with Crippen LogP contribution in [0.25, 0.3) is 0 Å². The van der Waals surface area contributed by atoms with Gasteiger partial charge in [0.15, 0.2) is 0 Å². The average molecular weight is 362 g/mol. The summed E-state index contributed by atoms with van der Waals surface area (Å²) in [5.41, 5.74) is 1.33. The molecule has 1 aromatic heterocycles. The molecule has 6 nitrogen and oxygen atoms in total. The quantitative estimate of drug-likeness (QED) is 0.855. The maximum absolute atomic E-state index is 12.2. The normalized spacial score (nSPS) is 16.1. The van der Waals surface area contributed by atoms with Gasteiger partial charge in [0.25, 0.3) is 5.91 Å². The maximum atomic E-state index is 12.2. The largest absolute Gasteiger partial charge is 0.472 e. The zero-order valence-electron chi connectivity index (χ0n) is 13.9. The average Bonchev–Trinajstić information content (AvgIpc) is 3.15. The minimum atomic E-state index is -3.34. The minimum Gasteiger partial charge on any atom is -0.472 e. The van der Waals surface area contributed by atoms with E-state index in [1.807, 2.05) is 18.2 Å². The van der Waals surface area contributed by atoms with Crippen LogP contribution in [0, 0.1) is 5.92 Å². The molecule has 1 amide bonds. The summed E-state index contributed by atoms with van der Waals surface area (Å²) in [6, 6.07) is 10.8. The number of sulfonamides is 1. The van der Waals surface area contributed by atoms with Crippen molar-refractivity contribution in [2.45, 2.75) is 18.6 Å². The molecule has 0 atom stereocenters. The lowest BCUT2D eigenvalue weighted by Gasteiger charge is -2.31. The number of nitrogens with zero attached hydrogens (tertiary/aromatic N) is 1.